The summed E-state index contributed by atoms with van der Waals surface area (Å²) in [7, 11) is 3.20. The third kappa shape index (κ3) is 8.45. The molecule has 1 aliphatic heterocycles. The molecule has 7 heteroatoms. The quantitative estimate of drug-likeness (QED) is 0.324. The van der Waals surface area contributed by atoms with E-state index in [1.807, 2.05) is 50.1 Å². The van der Waals surface area contributed by atoms with E-state index in [1.54, 1.807) is 37.3 Å². The minimum atomic E-state index is -0.135. The van der Waals surface area contributed by atoms with Crippen LogP contribution in [-0.2, 0) is 9.53 Å². The van der Waals surface area contributed by atoms with Crippen LogP contribution in [-0.4, -0.2) is 48.9 Å². The van der Waals surface area contributed by atoms with Crippen LogP contribution < -0.4 is 5.32 Å². The van der Waals surface area contributed by atoms with Crippen molar-refractivity contribution in [1.29, 1.82) is 0 Å². The molecule has 0 fully saturated rings. The van der Waals surface area contributed by atoms with Crippen molar-refractivity contribution >= 4 is 29.0 Å². The van der Waals surface area contributed by atoms with E-state index >= 15 is 0 Å². The molecule has 6 nitrogen and oxygen atoms in total. The highest BCUT2D eigenvalue weighted by atomic mass is 35.5. The lowest BCUT2D eigenvalue weighted by Gasteiger charge is -2.28. The molecule has 1 aromatic carbocycles. The van der Waals surface area contributed by atoms with Crippen LogP contribution in [0.15, 0.2) is 71.4 Å². The maximum atomic E-state index is 12.0. The van der Waals surface area contributed by atoms with E-state index in [2.05, 4.69) is 25.7 Å². The number of carbonyl (C=O) groups excluding carboxylic acids is 2. The summed E-state index contributed by atoms with van der Waals surface area (Å²) in [4.78, 5) is 27.6. The smallest absolute Gasteiger partial charge is 0.251 e. The van der Waals surface area contributed by atoms with Gasteiger partial charge in [0.05, 0.1) is 19.4 Å². The van der Waals surface area contributed by atoms with Crippen molar-refractivity contribution in [3.8, 4) is 0 Å². The number of hydrogen-bond donors (Lipinski definition) is 1. The van der Waals surface area contributed by atoms with Gasteiger partial charge in [0.1, 0.15) is 5.76 Å². The molecule has 0 saturated carbocycles. The number of nitrogens with one attached hydrogen (secondary N) is 1. The van der Waals surface area contributed by atoms with Gasteiger partial charge in [-0.25, -0.2) is 0 Å². The summed E-state index contributed by atoms with van der Waals surface area (Å²) in [5, 5.41) is 3.24. The van der Waals surface area contributed by atoms with Crippen molar-refractivity contribution in [2.45, 2.75) is 48.0 Å². The predicted molar refractivity (Wildman–Crippen MR) is 150 cm³/mol. The van der Waals surface area contributed by atoms with E-state index in [0.717, 1.165) is 22.4 Å². The molecule has 0 radical (unpaired) electrons. The van der Waals surface area contributed by atoms with Crippen LogP contribution in [0.25, 0.3) is 5.57 Å². The Kier molecular flexibility index (Phi) is 12.8. The second kappa shape index (κ2) is 15.0. The molecule has 0 bridgehead atoms. The van der Waals surface area contributed by atoms with Gasteiger partial charge in [-0.15, -0.1) is 0 Å². The number of halogens is 1. The highest BCUT2D eigenvalue weighted by Gasteiger charge is 2.19. The van der Waals surface area contributed by atoms with E-state index in [-0.39, 0.29) is 11.8 Å². The molecule has 196 valence electrons. The standard InChI is InChI=1S/C26H32ClN3O3.C3H8/c1-8-29(20(5)31)16-23(33-7)15-25(30-12-11-22(27)14-18(30)3)19(4)24-10-9-21(13-17(24)2)26(32)28-6;1-3-2/h9-15H,3,8,16H2,1-2,4-7H3,(H,28,32);3H2,1-2H3/b23-15+,25-19+;. The van der Waals surface area contributed by atoms with E-state index < -0.39 is 0 Å². The first-order chi connectivity index (χ1) is 17.0. The number of hydrogen-bond acceptors (Lipinski definition) is 4. The van der Waals surface area contributed by atoms with E-state index in [1.165, 1.54) is 13.3 Å². The zero-order valence-electron chi connectivity index (χ0n) is 22.9. The molecule has 1 N–H and O–H groups in total. The summed E-state index contributed by atoms with van der Waals surface area (Å²) >= 11 is 6.17. The maximum absolute atomic E-state index is 12.0. The molecule has 1 aliphatic rings. The van der Waals surface area contributed by atoms with Crippen molar-refractivity contribution in [1.82, 2.24) is 15.1 Å². The Hall–Kier alpha value is -3.25. The first-order valence-corrected chi connectivity index (χ1v) is 12.5. The monoisotopic (exact) mass is 513 g/mol. The molecule has 1 heterocycles. The molecule has 36 heavy (non-hydrogen) atoms. The van der Waals surface area contributed by atoms with Gasteiger partial charge in [-0.05, 0) is 61.8 Å². The third-order valence-electron chi connectivity index (χ3n) is 5.49. The summed E-state index contributed by atoms with van der Waals surface area (Å²) in [6, 6.07) is 5.60. The number of aryl methyl sites for hydroxylation is 1. The lowest BCUT2D eigenvalue weighted by molar-refractivity contribution is -0.128. The number of allylic oxidation sites excluding steroid dienone is 5. The summed E-state index contributed by atoms with van der Waals surface area (Å²) in [6.45, 7) is 16.7. The maximum Gasteiger partial charge on any atom is 0.251 e. The molecular weight excluding hydrogens is 474 g/mol. The Morgan fingerprint density at radius 3 is 2.33 bits per heavy atom. The number of likely N-dealkylation sites (N-methyl/N-ethyl adjacent to an activating group) is 1. The van der Waals surface area contributed by atoms with Crippen LogP contribution in [0.3, 0.4) is 0 Å². The zero-order chi connectivity index (χ0) is 27.4. The highest BCUT2D eigenvalue weighted by molar-refractivity contribution is 6.31. The summed E-state index contributed by atoms with van der Waals surface area (Å²) in [5.41, 5.74) is 5.00. The van der Waals surface area contributed by atoms with Crippen LogP contribution >= 0.6 is 11.6 Å². The van der Waals surface area contributed by atoms with Crippen LogP contribution in [0.2, 0.25) is 0 Å². The number of nitrogens with zero attached hydrogens (tertiary/aromatic N) is 2. The van der Waals surface area contributed by atoms with Crippen LogP contribution in [0, 0.1) is 6.92 Å². The van der Waals surface area contributed by atoms with Crippen LogP contribution in [0.5, 0.6) is 0 Å². The summed E-state index contributed by atoms with van der Waals surface area (Å²) in [5.74, 6) is 0.465. The zero-order valence-corrected chi connectivity index (χ0v) is 23.6. The molecule has 2 rings (SSSR count). The Morgan fingerprint density at radius 1 is 1.22 bits per heavy atom. The minimum absolute atomic E-state index is 0.0275. The molecule has 0 saturated heterocycles. The number of ether oxygens (including phenoxy) is 1. The number of benzene rings is 1. The Labute approximate surface area is 221 Å². The molecule has 0 spiro atoms. The van der Waals surface area contributed by atoms with Crippen molar-refractivity contribution in [2.75, 3.05) is 27.2 Å². The largest absolute Gasteiger partial charge is 0.499 e. The van der Waals surface area contributed by atoms with Gasteiger partial charge in [-0.3, -0.25) is 9.59 Å². The van der Waals surface area contributed by atoms with E-state index in [4.69, 9.17) is 16.3 Å². The molecule has 0 atom stereocenters. The normalized spacial score (nSPS) is 13.8. The topological polar surface area (TPSA) is 61.9 Å². The third-order valence-corrected chi connectivity index (χ3v) is 5.73. The number of amides is 2. The van der Waals surface area contributed by atoms with Crippen molar-refractivity contribution in [2.24, 2.45) is 0 Å². The molecule has 0 aliphatic carbocycles. The predicted octanol–water partition coefficient (Wildman–Crippen LogP) is 6.37. The minimum Gasteiger partial charge on any atom is -0.499 e. The summed E-state index contributed by atoms with van der Waals surface area (Å²) < 4.78 is 5.65. The van der Waals surface area contributed by atoms with Crippen LogP contribution in [0.1, 0.15) is 62.5 Å². The average molecular weight is 514 g/mol. The lowest BCUT2D eigenvalue weighted by atomic mass is 9.96. The van der Waals surface area contributed by atoms with Crippen molar-refractivity contribution < 1.29 is 14.3 Å². The fraction of sp³-hybridized carbons (Fsp3) is 0.379. The Bertz CT molecular complexity index is 1080. The van der Waals surface area contributed by atoms with E-state index in [9.17, 15) is 9.59 Å². The van der Waals surface area contributed by atoms with Gasteiger partial charge >= 0.3 is 0 Å². The fourth-order valence-electron chi connectivity index (χ4n) is 3.58. The van der Waals surface area contributed by atoms with Crippen LogP contribution in [0.4, 0.5) is 0 Å². The number of methoxy groups -OCH3 is 1. The molecule has 0 unspecified atom stereocenters. The SMILES string of the molecule is C=C1C=C(Cl)C=CN1C(/C=C(\CN(CC)C(C)=O)OC)=C(\C)c1ccc(C(=O)NC)cc1C.CCC. The average Bonchev–Trinajstić information content (AvgIpc) is 2.84. The fourth-order valence-corrected chi connectivity index (χ4v) is 3.76. The number of rotatable bonds is 8. The van der Waals surface area contributed by atoms with Gasteiger partial charge in [0, 0.05) is 49.1 Å². The molecule has 2 amide bonds. The van der Waals surface area contributed by atoms with Gasteiger partial charge in [0.2, 0.25) is 5.91 Å². The van der Waals surface area contributed by atoms with Gasteiger partial charge in [-0.2, -0.15) is 0 Å². The lowest BCUT2D eigenvalue weighted by Crippen LogP contribution is -2.31. The van der Waals surface area contributed by atoms with Crippen molar-refractivity contribution in [3.05, 3.63) is 88.1 Å². The Morgan fingerprint density at radius 2 is 1.86 bits per heavy atom. The molecule has 0 aromatic heterocycles. The highest BCUT2D eigenvalue weighted by Crippen LogP contribution is 2.31. The van der Waals surface area contributed by atoms with Gasteiger partial charge in [0.25, 0.3) is 5.91 Å². The molecule has 1 aromatic rings. The Balaban J connectivity index is 0.00000205. The second-order valence-electron chi connectivity index (χ2n) is 8.38. The first-order valence-electron chi connectivity index (χ1n) is 12.1. The van der Waals surface area contributed by atoms with Gasteiger partial charge < -0.3 is 19.9 Å². The van der Waals surface area contributed by atoms with Gasteiger partial charge in [0.15, 0.2) is 0 Å². The number of carbonyl (C=O) groups is 2. The van der Waals surface area contributed by atoms with Crippen molar-refractivity contribution in [3.63, 3.8) is 0 Å². The first kappa shape index (κ1) is 30.8. The molecular formula is C29H40ClN3O3. The van der Waals surface area contributed by atoms with Gasteiger partial charge in [-0.1, -0.05) is 44.5 Å². The van der Waals surface area contributed by atoms with E-state index in [0.29, 0.717) is 35.1 Å². The summed E-state index contributed by atoms with van der Waals surface area (Å²) in [6.07, 6.45) is 8.59. The second-order valence-corrected chi connectivity index (χ2v) is 8.82.